The number of nitrogens with zero attached hydrogens (tertiary/aromatic N) is 2. The van der Waals surface area contributed by atoms with Gasteiger partial charge in [0.1, 0.15) is 11.2 Å². The highest BCUT2D eigenvalue weighted by atomic mass is 16.3. The van der Waals surface area contributed by atoms with E-state index >= 15 is 0 Å². The van der Waals surface area contributed by atoms with E-state index < -0.39 is 0 Å². The van der Waals surface area contributed by atoms with Crippen molar-refractivity contribution in [3.05, 3.63) is 72.9 Å². The molecule has 0 fully saturated rings. The Hall–Kier alpha value is -3.53. The number of aromatic nitrogens is 2. The summed E-state index contributed by atoms with van der Waals surface area (Å²) in [4.78, 5) is 4.61. The first-order chi connectivity index (χ1) is 12.4. The highest BCUT2D eigenvalue weighted by Gasteiger charge is 2.18. The SMILES string of the molecule is c1ccc2c(c1)oc1c(-c3ncc4oc5ccccc5n34)cccc12. The van der Waals surface area contributed by atoms with Crippen LogP contribution in [0.25, 0.3) is 50.1 Å². The molecule has 0 atom stereocenters. The first-order valence-electron chi connectivity index (χ1n) is 8.16. The second-order valence-electron chi connectivity index (χ2n) is 6.11. The maximum atomic E-state index is 6.16. The van der Waals surface area contributed by atoms with Gasteiger partial charge in [-0.15, -0.1) is 0 Å². The van der Waals surface area contributed by atoms with Gasteiger partial charge in [-0.2, -0.15) is 0 Å². The third-order valence-electron chi connectivity index (χ3n) is 4.70. The van der Waals surface area contributed by atoms with Crippen molar-refractivity contribution in [1.29, 1.82) is 0 Å². The number of hydrogen-bond donors (Lipinski definition) is 0. The molecule has 3 heterocycles. The van der Waals surface area contributed by atoms with E-state index in [1.807, 2.05) is 59.0 Å². The van der Waals surface area contributed by atoms with Crippen LogP contribution in [0.5, 0.6) is 0 Å². The van der Waals surface area contributed by atoms with Gasteiger partial charge >= 0.3 is 0 Å². The lowest BCUT2D eigenvalue weighted by molar-refractivity contribution is 0.656. The highest BCUT2D eigenvalue weighted by Crippen LogP contribution is 2.36. The number of imidazole rings is 1. The van der Waals surface area contributed by atoms with E-state index in [1.54, 1.807) is 6.20 Å². The fourth-order valence-electron chi connectivity index (χ4n) is 3.60. The van der Waals surface area contributed by atoms with Crippen LogP contribution in [-0.2, 0) is 0 Å². The molecule has 6 rings (SSSR count). The number of fused-ring (bicyclic) bond motifs is 6. The number of benzene rings is 3. The second-order valence-corrected chi connectivity index (χ2v) is 6.11. The van der Waals surface area contributed by atoms with E-state index in [-0.39, 0.29) is 0 Å². The summed E-state index contributed by atoms with van der Waals surface area (Å²) < 4.78 is 14.1. The molecule has 0 saturated heterocycles. The smallest absolute Gasteiger partial charge is 0.225 e. The van der Waals surface area contributed by atoms with Crippen LogP contribution in [0.3, 0.4) is 0 Å². The van der Waals surface area contributed by atoms with Crippen LogP contribution < -0.4 is 0 Å². The minimum Gasteiger partial charge on any atom is -0.455 e. The third kappa shape index (κ3) is 1.63. The molecule has 0 unspecified atom stereocenters. The van der Waals surface area contributed by atoms with Crippen molar-refractivity contribution >= 4 is 38.8 Å². The summed E-state index contributed by atoms with van der Waals surface area (Å²) in [6.07, 6.45) is 1.76. The molecule has 0 bridgehead atoms. The van der Waals surface area contributed by atoms with Gasteiger partial charge in [-0.25, -0.2) is 4.98 Å². The molecule has 0 N–H and O–H groups in total. The quantitative estimate of drug-likeness (QED) is 0.393. The predicted octanol–water partition coefficient (Wildman–Crippen LogP) is 5.65. The molecule has 4 nitrogen and oxygen atoms in total. The van der Waals surface area contributed by atoms with Gasteiger partial charge in [0.05, 0.1) is 17.3 Å². The predicted molar refractivity (Wildman–Crippen MR) is 97.7 cm³/mol. The molecule has 0 aliphatic carbocycles. The Morgan fingerprint density at radius 3 is 2.48 bits per heavy atom. The lowest BCUT2D eigenvalue weighted by Crippen LogP contribution is -1.88. The normalized spacial score (nSPS) is 12.0. The second kappa shape index (κ2) is 4.51. The average Bonchev–Trinajstić information content (AvgIpc) is 3.32. The lowest BCUT2D eigenvalue weighted by Gasteiger charge is -2.01. The zero-order chi connectivity index (χ0) is 16.4. The third-order valence-corrected chi connectivity index (χ3v) is 4.70. The Bertz CT molecular complexity index is 1400. The van der Waals surface area contributed by atoms with Gasteiger partial charge in [-0.3, -0.25) is 4.40 Å². The number of hydrogen-bond acceptors (Lipinski definition) is 3. The van der Waals surface area contributed by atoms with Crippen molar-refractivity contribution in [2.45, 2.75) is 0 Å². The summed E-state index contributed by atoms with van der Waals surface area (Å²) >= 11 is 0. The fourth-order valence-corrected chi connectivity index (χ4v) is 3.60. The van der Waals surface area contributed by atoms with Crippen LogP contribution in [0.1, 0.15) is 0 Å². The molecule has 6 aromatic rings. The summed E-state index contributed by atoms with van der Waals surface area (Å²) in [5.41, 5.74) is 5.26. The zero-order valence-corrected chi connectivity index (χ0v) is 13.1. The topological polar surface area (TPSA) is 43.6 Å². The summed E-state index contributed by atoms with van der Waals surface area (Å²) in [6, 6.07) is 22.2. The van der Waals surface area contributed by atoms with Gasteiger partial charge in [0, 0.05) is 10.8 Å². The average molecular weight is 324 g/mol. The monoisotopic (exact) mass is 324 g/mol. The van der Waals surface area contributed by atoms with Crippen LogP contribution in [0.4, 0.5) is 0 Å². The molecule has 0 aliphatic rings. The summed E-state index contributed by atoms with van der Waals surface area (Å²) in [5.74, 6) is 0.824. The number of oxazole rings is 1. The zero-order valence-electron chi connectivity index (χ0n) is 13.1. The molecule has 4 heteroatoms. The summed E-state index contributed by atoms with van der Waals surface area (Å²) in [6.45, 7) is 0. The molecule has 25 heavy (non-hydrogen) atoms. The van der Waals surface area contributed by atoms with Crippen LogP contribution in [-0.4, -0.2) is 9.38 Å². The van der Waals surface area contributed by atoms with Crippen LogP contribution >= 0.6 is 0 Å². The molecular formula is C21H12N2O2. The van der Waals surface area contributed by atoms with Crippen molar-refractivity contribution in [2.75, 3.05) is 0 Å². The molecular weight excluding hydrogens is 312 g/mol. The van der Waals surface area contributed by atoms with Crippen molar-refractivity contribution in [3.63, 3.8) is 0 Å². The van der Waals surface area contributed by atoms with Gasteiger partial charge in [0.2, 0.25) is 5.71 Å². The molecule has 0 saturated carbocycles. The Morgan fingerprint density at radius 2 is 1.52 bits per heavy atom. The van der Waals surface area contributed by atoms with Crippen molar-refractivity contribution < 1.29 is 8.83 Å². The van der Waals surface area contributed by atoms with Gasteiger partial charge < -0.3 is 8.83 Å². The van der Waals surface area contributed by atoms with Crippen molar-refractivity contribution in [1.82, 2.24) is 9.38 Å². The minimum absolute atomic E-state index is 0.726. The summed E-state index contributed by atoms with van der Waals surface area (Å²) in [7, 11) is 0. The van der Waals surface area contributed by atoms with Crippen LogP contribution in [0.15, 0.2) is 81.8 Å². The molecule has 118 valence electrons. The van der Waals surface area contributed by atoms with Crippen LogP contribution in [0.2, 0.25) is 0 Å². The number of para-hydroxylation sites is 4. The Balaban J connectivity index is 1.77. The van der Waals surface area contributed by atoms with E-state index in [4.69, 9.17) is 8.83 Å². The first-order valence-corrected chi connectivity index (χ1v) is 8.16. The van der Waals surface area contributed by atoms with E-state index in [2.05, 4.69) is 17.1 Å². The highest BCUT2D eigenvalue weighted by molar-refractivity contribution is 6.09. The fraction of sp³-hybridized carbons (Fsp3) is 0. The summed E-state index contributed by atoms with van der Waals surface area (Å²) in [5, 5.41) is 2.21. The number of furan rings is 1. The molecule has 0 amide bonds. The molecule has 3 aromatic carbocycles. The maximum absolute atomic E-state index is 6.16. The Morgan fingerprint density at radius 1 is 0.720 bits per heavy atom. The van der Waals surface area contributed by atoms with Crippen LogP contribution in [0, 0.1) is 0 Å². The van der Waals surface area contributed by atoms with Crippen molar-refractivity contribution in [3.8, 4) is 11.4 Å². The first kappa shape index (κ1) is 12.8. The Labute approximate surface area is 141 Å². The Kier molecular flexibility index (Phi) is 2.32. The standard InChI is InChI=1S/C21H12N2O2/c1-3-10-17-13(6-1)14-7-5-8-15(20(14)25-17)21-22-12-19-23(21)16-9-2-4-11-18(16)24-19/h1-12H. The largest absolute Gasteiger partial charge is 0.455 e. The van der Waals surface area contributed by atoms with Gasteiger partial charge in [-0.05, 0) is 24.3 Å². The molecule has 0 radical (unpaired) electrons. The van der Waals surface area contributed by atoms with Gasteiger partial charge in [-0.1, -0.05) is 42.5 Å². The van der Waals surface area contributed by atoms with E-state index in [0.717, 1.165) is 50.1 Å². The van der Waals surface area contributed by atoms with E-state index in [0.29, 0.717) is 0 Å². The molecule has 3 aromatic heterocycles. The number of rotatable bonds is 1. The minimum atomic E-state index is 0.726. The van der Waals surface area contributed by atoms with Crippen molar-refractivity contribution in [2.24, 2.45) is 0 Å². The maximum Gasteiger partial charge on any atom is 0.225 e. The molecule has 0 spiro atoms. The van der Waals surface area contributed by atoms with Gasteiger partial charge in [0.25, 0.3) is 0 Å². The van der Waals surface area contributed by atoms with E-state index in [1.165, 1.54) is 0 Å². The van der Waals surface area contributed by atoms with E-state index in [9.17, 15) is 0 Å². The molecule has 0 aliphatic heterocycles. The van der Waals surface area contributed by atoms with Gasteiger partial charge in [0.15, 0.2) is 11.4 Å². The lowest BCUT2D eigenvalue weighted by atomic mass is 10.1.